The number of hydrogen-bond donors (Lipinski definition) is 1. The zero-order valence-corrected chi connectivity index (χ0v) is 37.9. The van der Waals surface area contributed by atoms with Gasteiger partial charge >= 0.3 is 24.1 Å². The molecule has 0 saturated carbocycles. The molecule has 4 aliphatic rings. The molecular formula is C46H54BBrF3N4O10S. The first-order chi connectivity index (χ1) is 37.4. The summed E-state index contributed by atoms with van der Waals surface area (Å²) in [4.78, 5) is 69.7. The highest BCUT2D eigenvalue weighted by atomic mass is 79.9. The zero-order chi connectivity index (χ0) is 62.5. The first kappa shape index (κ1) is 33.3. The number of nitriles is 1. The summed E-state index contributed by atoms with van der Waals surface area (Å²) in [5.41, 5.74) is -5.12. The van der Waals surface area contributed by atoms with E-state index in [0.29, 0.717) is 12.2 Å². The molecule has 20 heteroatoms. The van der Waals surface area contributed by atoms with Crippen LogP contribution in [0.2, 0.25) is 11.6 Å². The molecule has 0 spiro atoms. The van der Waals surface area contributed by atoms with Crippen LogP contribution in [0.15, 0.2) is 54.0 Å². The van der Waals surface area contributed by atoms with Crippen LogP contribution in [-0.2, 0) is 40.2 Å². The molecule has 2 unspecified atom stereocenters. The van der Waals surface area contributed by atoms with Gasteiger partial charge in [-0.1, -0.05) is 47.5 Å². The summed E-state index contributed by atoms with van der Waals surface area (Å²) in [7, 11) is 1.95. The SMILES string of the molecule is [2H]C([2H])(Br)C([2H])([2H])C([2H])([2H])C(=O)OC.[2H]C([2H])(Oc1ccccc1C1(C#N)CCN(C(=O)[C@]2(Oc3csc(C)c3)CCCN(C(=O)c3ncccc3C(F)(F)F)[C@@H]2CCC)CC1)C([2H])([2H])C([2H])([2H])C(=O)O.[2H]C1([2H])OC(=O)C2([2H])[B]C12[2H]. The van der Waals surface area contributed by atoms with Crippen molar-refractivity contribution >= 4 is 64.3 Å². The number of para-hydroxylation sites is 1. The summed E-state index contributed by atoms with van der Waals surface area (Å²) in [5.74, 6) is -9.73. The van der Waals surface area contributed by atoms with E-state index in [1.807, 2.05) is 13.8 Å². The third kappa shape index (κ3) is 12.8. The van der Waals surface area contributed by atoms with E-state index in [0.717, 1.165) is 37.6 Å². The Morgan fingerprint density at radius 1 is 1.15 bits per heavy atom. The van der Waals surface area contributed by atoms with Crippen LogP contribution in [-0.4, -0.2) is 114 Å². The largest absolute Gasteiger partial charge is 0.493 e. The Labute approximate surface area is 418 Å². The molecule has 3 aromatic rings. The van der Waals surface area contributed by atoms with Gasteiger partial charge in [-0.05, 0) is 75.4 Å². The van der Waals surface area contributed by atoms with Gasteiger partial charge in [-0.15, -0.1) is 11.3 Å². The highest BCUT2D eigenvalue weighted by molar-refractivity contribution is 9.09. The maximum absolute atomic E-state index is 15.0. The van der Waals surface area contributed by atoms with Gasteiger partial charge < -0.3 is 33.9 Å². The van der Waals surface area contributed by atoms with Gasteiger partial charge in [0, 0.05) is 88.3 Å². The molecule has 1 radical (unpaired) electrons. The van der Waals surface area contributed by atoms with Gasteiger partial charge in [0.25, 0.3) is 11.8 Å². The fraction of sp³-hybridized carbons (Fsp3) is 0.543. The van der Waals surface area contributed by atoms with Crippen molar-refractivity contribution < 1.29 is 83.1 Å². The molecular weight excluding hydrogens is 948 g/mol. The Bertz CT molecular complexity index is 2970. The van der Waals surface area contributed by atoms with Crippen molar-refractivity contribution in [3.05, 3.63) is 75.7 Å². The Morgan fingerprint density at radius 3 is 2.45 bits per heavy atom. The van der Waals surface area contributed by atoms with E-state index in [1.165, 1.54) is 45.4 Å². The van der Waals surface area contributed by atoms with Crippen molar-refractivity contribution in [3.63, 3.8) is 0 Å². The Balaban J connectivity index is 0.000000401. The molecule has 4 aliphatic heterocycles. The molecule has 2 aromatic heterocycles. The number of carboxylic acids is 1. The number of methoxy groups -OCH3 is 1. The van der Waals surface area contributed by atoms with Crippen LogP contribution in [0, 0.1) is 18.3 Å². The third-order valence-corrected chi connectivity index (χ3v) is 11.7. The molecule has 4 saturated heterocycles. The van der Waals surface area contributed by atoms with Crippen molar-refractivity contribution in [3.8, 4) is 17.6 Å². The van der Waals surface area contributed by atoms with E-state index in [9.17, 15) is 42.7 Å². The fourth-order valence-corrected chi connectivity index (χ4v) is 8.28. The fourth-order valence-electron chi connectivity index (χ4n) is 7.58. The van der Waals surface area contributed by atoms with Crippen LogP contribution in [0.25, 0.3) is 0 Å². The normalized spacial score (nSPS) is 29.4. The lowest BCUT2D eigenvalue weighted by molar-refractivity contribution is -0.160. The number of aromatic nitrogens is 1. The summed E-state index contributed by atoms with van der Waals surface area (Å²) in [6.07, 6.45) is -16.5. The number of likely N-dealkylation sites (tertiary alicyclic amines) is 2. The average Bonchev–Trinajstić information content (AvgIpc) is 3.75. The van der Waals surface area contributed by atoms with E-state index < -0.39 is 120 Å². The van der Waals surface area contributed by atoms with E-state index in [4.69, 9.17) is 31.4 Å². The number of thiophene rings is 1. The molecule has 0 bridgehead atoms. The molecule has 2 amide bonds. The van der Waals surface area contributed by atoms with Gasteiger partial charge in [0.05, 0.1) is 48.8 Å². The zero-order valence-electron chi connectivity index (χ0n) is 51.5. The number of hydrogen-bond acceptors (Lipinski definition) is 12. The number of rotatable bonds is 15. The highest BCUT2D eigenvalue weighted by Gasteiger charge is 2.57. The Morgan fingerprint density at radius 2 is 1.89 bits per heavy atom. The predicted octanol–water partition coefficient (Wildman–Crippen LogP) is 8.19. The molecule has 4 atom stereocenters. The van der Waals surface area contributed by atoms with Crippen molar-refractivity contribution in [2.45, 2.75) is 113 Å². The summed E-state index contributed by atoms with van der Waals surface area (Å²) in [5, 5.41) is 19.0. The number of aryl methyl sites for hydroxylation is 1. The van der Waals surface area contributed by atoms with Crippen LogP contribution in [0.3, 0.4) is 0 Å². The number of carbonyl (C=O) groups excluding carboxylic acids is 4. The van der Waals surface area contributed by atoms with E-state index >= 15 is 4.79 Å². The van der Waals surface area contributed by atoms with Crippen LogP contribution >= 0.6 is 27.3 Å². The van der Waals surface area contributed by atoms with Gasteiger partial charge in [-0.2, -0.15) is 18.4 Å². The first-order valence-corrected chi connectivity index (χ1v) is 21.8. The molecule has 7 rings (SSSR count). The van der Waals surface area contributed by atoms with Gasteiger partial charge in [0.2, 0.25) is 5.60 Å². The number of esters is 2. The van der Waals surface area contributed by atoms with E-state index in [2.05, 4.69) is 36.5 Å². The monoisotopic (exact) mass is 1020 g/mol. The van der Waals surface area contributed by atoms with Gasteiger partial charge in [0.1, 0.15) is 24.5 Å². The Hall–Kier alpha value is -5.16. The molecule has 14 nitrogen and oxygen atoms in total. The molecule has 1 N–H and O–H groups in total. The van der Waals surface area contributed by atoms with E-state index in [1.54, 1.807) is 11.4 Å². The predicted molar refractivity (Wildman–Crippen MR) is 242 cm³/mol. The number of amides is 2. The average molecular weight is 1020 g/mol. The number of benzene rings is 1. The van der Waals surface area contributed by atoms with E-state index in [-0.39, 0.29) is 63.1 Å². The van der Waals surface area contributed by atoms with Gasteiger partial charge in [0.15, 0.2) is 0 Å². The molecule has 4 fully saturated rings. The lowest BCUT2D eigenvalue weighted by Crippen LogP contribution is -2.68. The van der Waals surface area contributed by atoms with Crippen molar-refractivity contribution in [2.75, 3.05) is 45.1 Å². The lowest BCUT2D eigenvalue weighted by atomic mass is 9.72. The number of piperidine rings is 2. The number of fused-ring (bicyclic) bond motifs is 1. The molecule has 355 valence electrons. The van der Waals surface area contributed by atoms with Crippen LogP contribution in [0.1, 0.15) is 119 Å². The second-order valence-corrected chi connectivity index (χ2v) is 16.2. The standard InChI is InChI=1S/C37H41F3N4O6S.C5H9BrO2.C4H4BO2/c1-3-9-30-36(50-26-22-25(2)51-23-26,14-8-18-44(30)33(47)32-28(37(38,39)40)11-6-17-42-32)34(48)43-19-15-35(24-41,16-20-43)27-10-4-5-12-29(27)49-21-7-13-31(45)46;1-8-5(7)3-2-4-6;6-4-3-2(5-3)1-7-4/h4-6,10-12,17,22-23,30H,3,7-9,13-16,18-21H2,1-2H3,(H,45,46);2-4H2,1H3;2-3H,1H2/t30-,36+;;/m1../s1/i7D2,13D2,21D2;2D2,3D2,4D2;1D2,2D,3D. The summed E-state index contributed by atoms with van der Waals surface area (Å²) < 4.78 is 182. The van der Waals surface area contributed by atoms with Crippen molar-refractivity contribution in [1.29, 1.82) is 5.26 Å². The number of pyridine rings is 1. The van der Waals surface area contributed by atoms with Crippen molar-refractivity contribution in [1.82, 2.24) is 14.8 Å². The number of nitrogens with zero attached hydrogens (tertiary/aromatic N) is 4. The second-order valence-electron chi connectivity index (χ2n) is 14.7. The minimum absolute atomic E-state index is 0.0339. The number of carboxylic acid groups (broad SMARTS) is 1. The highest BCUT2D eigenvalue weighted by Crippen LogP contribution is 2.47. The maximum atomic E-state index is 15.0. The molecule has 0 aliphatic carbocycles. The number of alkyl halides is 4. The first-order valence-electron chi connectivity index (χ1n) is 28.1. The second kappa shape index (κ2) is 23.5. The number of cyclic esters (lactones) is 1. The van der Waals surface area contributed by atoms with Gasteiger partial charge in [-0.25, -0.2) is 0 Å². The van der Waals surface area contributed by atoms with Crippen molar-refractivity contribution in [2.24, 2.45) is 0 Å². The quantitative estimate of drug-likeness (QED) is 0.0876. The number of carbonyl (C=O) groups is 5. The minimum Gasteiger partial charge on any atom is -0.493 e. The molecule has 6 heterocycles. The molecule has 1 aromatic carbocycles. The van der Waals surface area contributed by atoms with Gasteiger partial charge in [-0.3, -0.25) is 29.0 Å². The van der Waals surface area contributed by atoms with Crippen LogP contribution in [0.5, 0.6) is 11.5 Å². The minimum atomic E-state index is -4.88. The number of halogens is 4. The third-order valence-electron chi connectivity index (χ3n) is 10.6. The summed E-state index contributed by atoms with van der Waals surface area (Å²) >= 11 is 3.70. The maximum Gasteiger partial charge on any atom is 0.418 e. The van der Waals surface area contributed by atoms with Crippen LogP contribution in [0.4, 0.5) is 13.2 Å². The Kier molecular flexibility index (Phi) is 11.9. The number of aliphatic carboxylic acids is 1. The van der Waals surface area contributed by atoms with Crippen LogP contribution < -0.4 is 9.47 Å². The molecule has 66 heavy (non-hydrogen) atoms. The smallest absolute Gasteiger partial charge is 0.418 e. The number of ether oxygens (including phenoxy) is 4. The topological polar surface area (TPSA) is 186 Å². The lowest BCUT2D eigenvalue weighted by Gasteiger charge is -2.51. The summed E-state index contributed by atoms with van der Waals surface area (Å²) in [6, 6.07) is 10.4. The summed E-state index contributed by atoms with van der Waals surface area (Å²) in [6.45, 7) is -2.34.